The summed E-state index contributed by atoms with van der Waals surface area (Å²) in [6.07, 6.45) is 0.817. The van der Waals surface area contributed by atoms with Gasteiger partial charge in [-0.25, -0.2) is 4.98 Å². The van der Waals surface area contributed by atoms with Crippen molar-refractivity contribution in [2.45, 2.75) is 13.3 Å². The van der Waals surface area contributed by atoms with Gasteiger partial charge in [-0.15, -0.1) is 0 Å². The molecule has 0 aliphatic rings. The van der Waals surface area contributed by atoms with Crippen LogP contribution in [0.4, 0.5) is 0 Å². The molecule has 2 rings (SSSR count). The van der Waals surface area contributed by atoms with Crippen molar-refractivity contribution in [3.8, 4) is 0 Å². The summed E-state index contributed by atoms with van der Waals surface area (Å²) in [5.74, 6) is 0.860. The van der Waals surface area contributed by atoms with E-state index < -0.39 is 0 Å². The van der Waals surface area contributed by atoms with Crippen molar-refractivity contribution in [1.29, 1.82) is 0 Å². The zero-order chi connectivity index (χ0) is 9.26. The molecule has 1 aromatic carbocycles. The average Bonchev–Trinajstić information content (AvgIpc) is 2.48. The van der Waals surface area contributed by atoms with Crippen LogP contribution in [0.25, 0.3) is 11.0 Å². The molecule has 0 aliphatic carbocycles. The molecule has 0 saturated heterocycles. The number of imidazole rings is 1. The van der Waals surface area contributed by atoms with E-state index in [0.29, 0.717) is 5.52 Å². The van der Waals surface area contributed by atoms with Crippen LogP contribution in [0.1, 0.15) is 12.7 Å². The minimum atomic E-state index is -0.0315. The van der Waals surface area contributed by atoms with E-state index in [2.05, 4.69) is 9.97 Å². The number of nitrogens with one attached hydrogen (secondary N) is 1. The van der Waals surface area contributed by atoms with E-state index in [9.17, 15) is 4.79 Å². The Morgan fingerprint density at radius 3 is 2.92 bits per heavy atom. The molecule has 1 N–H and O–H groups in total. The molecule has 0 atom stereocenters. The Hall–Kier alpha value is -1.64. The molecule has 66 valence electrons. The lowest BCUT2D eigenvalue weighted by Gasteiger charge is -1.81. The standard InChI is InChI=1S/C10H10N2O/c1-2-9-11-7-5-3-4-6-8(13)10(7)12-9/h3-6H,2H2,1H3,(H,11,12). The molecule has 2 aromatic rings. The molecule has 3 heteroatoms. The topological polar surface area (TPSA) is 45.8 Å². The van der Waals surface area contributed by atoms with Gasteiger partial charge in [0.2, 0.25) is 5.43 Å². The van der Waals surface area contributed by atoms with Gasteiger partial charge in [0.25, 0.3) is 0 Å². The number of aromatic amines is 1. The summed E-state index contributed by atoms with van der Waals surface area (Å²) >= 11 is 0. The average molecular weight is 174 g/mol. The van der Waals surface area contributed by atoms with E-state index in [1.807, 2.05) is 19.1 Å². The van der Waals surface area contributed by atoms with E-state index in [4.69, 9.17) is 0 Å². The Kier molecular flexibility index (Phi) is 1.85. The summed E-state index contributed by atoms with van der Waals surface area (Å²) < 4.78 is 0. The molecular formula is C10H10N2O. The van der Waals surface area contributed by atoms with Gasteiger partial charge in [0.1, 0.15) is 11.3 Å². The molecule has 3 nitrogen and oxygen atoms in total. The van der Waals surface area contributed by atoms with Gasteiger partial charge >= 0.3 is 0 Å². The third-order valence-corrected chi connectivity index (χ3v) is 1.97. The van der Waals surface area contributed by atoms with Crippen molar-refractivity contribution in [2.24, 2.45) is 0 Å². The molecule has 0 unspecified atom stereocenters. The predicted octanol–water partition coefficient (Wildman–Crippen LogP) is 1.49. The molecule has 0 bridgehead atoms. The fourth-order valence-corrected chi connectivity index (χ4v) is 1.29. The van der Waals surface area contributed by atoms with Gasteiger partial charge in [-0.1, -0.05) is 19.1 Å². The first-order valence-electron chi connectivity index (χ1n) is 4.29. The van der Waals surface area contributed by atoms with Gasteiger partial charge in [-0.05, 0) is 12.1 Å². The van der Waals surface area contributed by atoms with Crippen molar-refractivity contribution in [1.82, 2.24) is 9.97 Å². The molecule has 13 heavy (non-hydrogen) atoms. The van der Waals surface area contributed by atoms with Crippen LogP contribution in [0.2, 0.25) is 0 Å². The van der Waals surface area contributed by atoms with E-state index >= 15 is 0 Å². The number of aryl methyl sites for hydroxylation is 1. The Bertz CT molecular complexity index is 487. The summed E-state index contributed by atoms with van der Waals surface area (Å²) in [5.41, 5.74) is 1.31. The van der Waals surface area contributed by atoms with Crippen molar-refractivity contribution < 1.29 is 0 Å². The first kappa shape index (κ1) is 7.98. The predicted molar refractivity (Wildman–Crippen MR) is 51.7 cm³/mol. The fraction of sp³-hybridized carbons (Fsp3) is 0.200. The monoisotopic (exact) mass is 174 g/mol. The van der Waals surface area contributed by atoms with E-state index in [0.717, 1.165) is 17.8 Å². The summed E-state index contributed by atoms with van der Waals surface area (Å²) in [5, 5.41) is 0. The molecule has 0 aliphatic heterocycles. The number of hydrogen-bond acceptors (Lipinski definition) is 2. The minimum absolute atomic E-state index is 0.0315. The van der Waals surface area contributed by atoms with Crippen LogP contribution in [-0.2, 0) is 6.42 Å². The minimum Gasteiger partial charge on any atom is -0.342 e. The smallest absolute Gasteiger partial charge is 0.206 e. The van der Waals surface area contributed by atoms with Crippen molar-refractivity contribution >= 4 is 11.0 Å². The van der Waals surface area contributed by atoms with Gasteiger partial charge in [0, 0.05) is 6.42 Å². The fourth-order valence-electron chi connectivity index (χ4n) is 1.29. The second-order valence-corrected chi connectivity index (χ2v) is 2.88. The van der Waals surface area contributed by atoms with Crippen LogP contribution in [-0.4, -0.2) is 9.97 Å². The van der Waals surface area contributed by atoms with Crippen LogP contribution in [0, 0.1) is 0 Å². The lowest BCUT2D eigenvalue weighted by Crippen LogP contribution is -1.94. The van der Waals surface area contributed by atoms with Gasteiger partial charge in [-0.3, -0.25) is 4.79 Å². The van der Waals surface area contributed by atoms with Crippen molar-refractivity contribution in [3.63, 3.8) is 0 Å². The number of aromatic nitrogens is 2. The van der Waals surface area contributed by atoms with E-state index in [1.54, 1.807) is 6.07 Å². The summed E-state index contributed by atoms with van der Waals surface area (Å²) in [7, 11) is 0. The van der Waals surface area contributed by atoms with Gasteiger partial charge in [0.05, 0.1) is 5.52 Å². The second-order valence-electron chi connectivity index (χ2n) is 2.88. The van der Waals surface area contributed by atoms with Gasteiger partial charge < -0.3 is 4.98 Å². The molecule has 0 radical (unpaired) electrons. The molecule has 1 aromatic heterocycles. The molecule has 0 spiro atoms. The number of hydrogen-bond donors (Lipinski definition) is 1. The highest BCUT2D eigenvalue weighted by Crippen LogP contribution is 2.05. The Balaban J connectivity index is 2.87. The quantitative estimate of drug-likeness (QED) is 0.711. The molecular weight excluding hydrogens is 164 g/mol. The normalized spacial score (nSPS) is 10.5. The summed E-state index contributed by atoms with van der Waals surface area (Å²) in [6, 6.07) is 6.95. The SMILES string of the molecule is CCc1nc2c(=O)ccccc2[nH]1. The lowest BCUT2D eigenvalue weighted by atomic mass is 10.4. The van der Waals surface area contributed by atoms with E-state index in [1.165, 1.54) is 6.07 Å². The first-order chi connectivity index (χ1) is 6.31. The van der Waals surface area contributed by atoms with Crippen LogP contribution in [0.15, 0.2) is 29.1 Å². The maximum atomic E-state index is 11.4. The third-order valence-electron chi connectivity index (χ3n) is 1.97. The third kappa shape index (κ3) is 1.33. The Morgan fingerprint density at radius 1 is 1.38 bits per heavy atom. The zero-order valence-electron chi connectivity index (χ0n) is 7.37. The maximum absolute atomic E-state index is 11.4. The largest absolute Gasteiger partial charge is 0.342 e. The van der Waals surface area contributed by atoms with Crippen LogP contribution in [0.5, 0.6) is 0 Å². The molecule has 0 saturated carbocycles. The van der Waals surface area contributed by atoms with Gasteiger partial charge in [-0.2, -0.15) is 0 Å². The van der Waals surface area contributed by atoms with Crippen LogP contribution in [0.3, 0.4) is 0 Å². The van der Waals surface area contributed by atoms with Crippen LogP contribution >= 0.6 is 0 Å². The van der Waals surface area contributed by atoms with E-state index in [-0.39, 0.29) is 5.43 Å². The highest BCUT2D eigenvalue weighted by molar-refractivity contribution is 5.73. The molecule has 0 amide bonds. The summed E-state index contributed by atoms with van der Waals surface area (Å²) in [4.78, 5) is 18.7. The maximum Gasteiger partial charge on any atom is 0.206 e. The summed E-state index contributed by atoms with van der Waals surface area (Å²) in [6.45, 7) is 2.00. The Morgan fingerprint density at radius 2 is 2.15 bits per heavy atom. The van der Waals surface area contributed by atoms with Gasteiger partial charge in [0.15, 0.2) is 0 Å². The molecule has 1 heterocycles. The highest BCUT2D eigenvalue weighted by atomic mass is 16.1. The number of fused-ring (bicyclic) bond motifs is 1. The number of nitrogens with zero attached hydrogens (tertiary/aromatic N) is 1. The van der Waals surface area contributed by atoms with Crippen LogP contribution < -0.4 is 5.43 Å². The number of rotatable bonds is 1. The zero-order valence-corrected chi connectivity index (χ0v) is 7.37. The molecule has 0 fully saturated rings. The Labute approximate surface area is 75.4 Å². The number of H-pyrrole nitrogens is 1. The second kappa shape index (κ2) is 3.01. The first-order valence-corrected chi connectivity index (χ1v) is 4.29. The highest BCUT2D eigenvalue weighted by Gasteiger charge is 2.01. The van der Waals surface area contributed by atoms with Crippen molar-refractivity contribution in [2.75, 3.05) is 0 Å². The van der Waals surface area contributed by atoms with Crippen molar-refractivity contribution in [3.05, 3.63) is 40.3 Å². The lowest BCUT2D eigenvalue weighted by molar-refractivity contribution is 0.999.